The molecule has 0 N–H and O–H groups in total. The predicted octanol–water partition coefficient (Wildman–Crippen LogP) is 10.4. The highest BCUT2D eigenvalue weighted by Crippen LogP contribution is 2.38. The number of allylic oxidation sites excluding steroid dienone is 16. The third-order valence-corrected chi connectivity index (χ3v) is 8.75. The highest BCUT2D eigenvalue weighted by Gasteiger charge is 2.21. The second-order valence-corrected chi connectivity index (χ2v) is 15.5. The topological polar surface area (TPSA) is 111 Å². The standard InChI is InChI=1S/C44H72NO8P/c1-6-8-10-12-14-16-18-20-22-24-26-28-30-32-34-36-43(46)50-40-42(41-52-54(48,49)51-39-38-45(3,4)5)53-44(47)37-35-33-31-29-27-25-23-21-19-17-15-13-11-9-7-2/h8-23,42H,6-7,24-41H2,1-5H3/b10-8+,11-9+,14-12+,15-13+,18-16+,19-17+,22-20+,23-21+/t42-/m1/s1. The number of hydrogen-bond donors (Lipinski definition) is 0. The molecule has 2 atom stereocenters. The van der Waals surface area contributed by atoms with E-state index in [2.05, 4.69) is 50.3 Å². The second-order valence-electron chi connectivity index (χ2n) is 14.1. The molecule has 0 aromatic carbocycles. The Morgan fingerprint density at radius 1 is 0.574 bits per heavy atom. The first-order valence-corrected chi connectivity index (χ1v) is 21.5. The average molecular weight is 774 g/mol. The van der Waals surface area contributed by atoms with Crippen molar-refractivity contribution in [1.82, 2.24) is 0 Å². The van der Waals surface area contributed by atoms with Gasteiger partial charge >= 0.3 is 11.9 Å². The van der Waals surface area contributed by atoms with Crippen molar-refractivity contribution in [2.75, 3.05) is 47.5 Å². The van der Waals surface area contributed by atoms with Crippen LogP contribution in [0.3, 0.4) is 0 Å². The van der Waals surface area contributed by atoms with Crippen LogP contribution in [0.1, 0.15) is 117 Å². The van der Waals surface area contributed by atoms with Crippen molar-refractivity contribution in [3.63, 3.8) is 0 Å². The smallest absolute Gasteiger partial charge is 0.306 e. The van der Waals surface area contributed by atoms with Gasteiger partial charge in [-0.25, -0.2) is 0 Å². The van der Waals surface area contributed by atoms with E-state index in [1.54, 1.807) is 0 Å². The Balaban J connectivity index is 4.53. The Hall–Kier alpha value is -3.07. The van der Waals surface area contributed by atoms with Gasteiger partial charge in [-0.1, -0.05) is 150 Å². The molecule has 0 rings (SSSR count). The summed E-state index contributed by atoms with van der Waals surface area (Å²) in [5.41, 5.74) is 0. The van der Waals surface area contributed by atoms with Gasteiger partial charge in [-0.2, -0.15) is 0 Å². The average Bonchev–Trinajstić information content (AvgIpc) is 3.12. The molecule has 0 fully saturated rings. The lowest BCUT2D eigenvalue weighted by atomic mass is 10.1. The lowest BCUT2D eigenvalue weighted by molar-refractivity contribution is -0.870. The van der Waals surface area contributed by atoms with Gasteiger partial charge in [0.1, 0.15) is 19.8 Å². The van der Waals surface area contributed by atoms with Gasteiger partial charge in [-0.3, -0.25) is 14.2 Å². The molecule has 1 unspecified atom stereocenters. The fraction of sp³-hybridized carbons (Fsp3) is 0.591. The zero-order valence-corrected chi connectivity index (χ0v) is 35.0. The molecule has 10 heteroatoms. The van der Waals surface area contributed by atoms with Crippen LogP contribution in [-0.4, -0.2) is 70.0 Å². The van der Waals surface area contributed by atoms with Gasteiger partial charge in [-0.05, 0) is 51.4 Å². The van der Waals surface area contributed by atoms with Crippen LogP contribution in [0.2, 0.25) is 0 Å². The van der Waals surface area contributed by atoms with E-state index >= 15 is 0 Å². The van der Waals surface area contributed by atoms with E-state index in [9.17, 15) is 19.0 Å². The van der Waals surface area contributed by atoms with Crippen LogP contribution in [0.25, 0.3) is 0 Å². The van der Waals surface area contributed by atoms with Gasteiger partial charge in [0.05, 0.1) is 27.7 Å². The number of quaternary nitrogens is 1. The minimum Gasteiger partial charge on any atom is -0.756 e. The lowest BCUT2D eigenvalue weighted by Crippen LogP contribution is -2.37. The van der Waals surface area contributed by atoms with Crippen LogP contribution >= 0.6 is 7.82 Å². The zero-order chi connectivity index (χ0) is 40.0. The zero-order valence-electron chi connectivity index (χ0n) is 34.1. The molecule has 0 amide bonds. The Kier molecular flexibility index (Phi) is 33.6. The quantitative estimate of drug-likeness (QED) is 0.0209. The fourth-order valence-electron chi connectivity index (χ4n) is 4.67. The van der Waals surface area contributed by atoms with Crippen LogP contribution < -0.4 is 4.89 Å². The van der Waals surface area contributed by atoms with Crippen molar-refractivity contribution >= 4 is 19.8 Å². The molecular formula is C44H72NO8P. The van der Waals surface area contributed by atoms with Crippen molar-refractivity contribution in [3.05, 3.63) is 97.2 Å². The molecule has 0 heterocycles. The molecule has 0 saturated carbocycles. The number of phosphoric ester groups is 1. The van der Waals surface area contributed by atoms with Crippen LogP contribution in [0, 0.1) is 0 Å². The molecule has 0 aromatic heterocycles. The van der Waals surface area contributed by atoms with Gasteiger partial charge < -0.3 is 27.9 Å². The third-order valence-electron chi connectivity index (χ3n) is 7.79. The van der Waals surface area contributed by atoms with E-state index < -0.39 is 32.5 Å². The number of rotatable bonds is 34. The summed E-state index contributed by atoms with van der Waals surface area (Å²) in [6.45, 7) is 3.85. The van der Waals surface area contributed by atoms with Gasteiger partial charge in [-0.15, -0.1) is 0 Å². The molecular weight excluding hydrogens is 701 g/mol. The maximum atomic E-state index is 12.6. The maximum Gasteiger partial charge on any atom is 0.306 e. The van der Waals surface area contributed by atoms with Gasteiger partial charge in [0.2, 0.25) is 0 Å². The first kappa shape index (κ1) is 50.9. The van der Waals surface area contributed by atoms with E-state index in [1.807, 2.05) is 81.9 Å². The van der Waals surface area contributed by atoms with Gasteiger partial charge in [0, 0.05) is 12.8 Å². The molecule has 0 aliphatic rings. The molecule has 0 aliphatic carbocycles. The molecule has 9 nitrogen and oxygen atoms in total. The number of esters is 2. The Bertz CT molecular complexity index is 1240. The Morgan fingerprint density at radius 3 is 1.48 bits per heavy atom. The summed E-state index contributed by atoms with van der Waals surface area (Å²) in [6, 6.07) is 0. The molecule has 0 bridgehead atoms. The number of nitrogens with zero attached hydrogens (tertiary/aromatic N) is 1. The van der Waals surface area contributed by atoms with Crippen molar-refractivity contribution in [2.24, 2.45) is 0 Å². The van der Waals surface area contributed by atoms with E-state index in [1.165, 1.54) is 0 Å². The summed E-state index contributed by atoms with van der Waals surface area (Å²) < 4.78 is 33.8. The van der Waals surface area contributed by atoms with E-state index in [-0.39, 0.29) is 26.1 Å². The minimum atomic E-state index is -4.64. The largest absolute Gasteiger partial charge is 0.756 e. The normalized spacial score (nSPS) is 14.7. The van der Waals surface area contributed by atoms with Crippen molar-refractivity contribution in [1.29, 1.82) is 0 Å². The lowest BCUT2D eigenvalue weighted by Gasteiger charge is -2.28. The van der Waals surface area contributed by atoms with Crippen LogP contribution in [0.4, 0.5) is 0 Å². The summed E-state index contributed by atoms with van der Waals surface area (Å²) in [4.78, 5) is 37.4. The highest BCUT2D eigenvalue weighted by atomic mass is 31.2. The van der Waals surface area contributed by atoms with Gasteiger partial charge in [0.15, 0.2) is 6.10 Å². The summed E-state index contributed by atoms with van der Waals surface area (Å²) in [5.74, 6) is -0.903. The van der Waals surface area contributed by atoms with Crippen LogP contribution in [0.5, 0.6) is 0 Å². The summed E-state index contributed by atoms with van der Waals surface area (Å²) in [6.07, 6.45) is 45.7. The van der Waals surface area contributed by atoms with E-state index in [4.69, 9.17) is 18.5 Å². The number of hydrogen-bond acceptors (Lipinski definition) is 8. The van der Waals surface area contributed by atoms with Crippen LogP contribution in [0.15, 0.2) is 97.2 Å². The number of carbonyl (C=O) groups is 2. The number of unbranched alkanes of at least 4 members (excludes halogenated alkanes) is 10. The number of ether oxygens (including phenoxy) is 2. The maximum absolute atomic E-state index is 12.6. The first-order valence-electron chi connectivity index (χ1n) is 20.0. The summed E-state index contributed by atoms with van der Waals surface area (Å²) in [7, 11) is 1.11. The van der Waals surface area contributed by atoms with Gasteiger partial charge in [0.25, 0.3) is 7.82 Å². The predicted molar refractivity (Wildman–Crippen MR) is 222 cm³/mol. The molecule has 0 aromatic rings. The third kappa shape index (κ3) is 38.6. The number of likely N-dealkylation sites (N-methyl/N-ethyl adjacent to an activating group) is 1. The summed E-state index contributed by atoms with van der Waals surface area (Å²) in [5, 5.41) is 0. The Morgan fingerprint density at radius 2 is 1.00 bits per heavy atom. The van der Waals surface area contributed by atoms with Crippen molar-refractivity contribution in [2.45, 2.75) is 123 Å². The van der Waals surface area contributed by atoms with E-state index in [0.717, 1.165) is 77.0 Å². The molecule has 54 heavy (non-hydrogen) atoms. The van der Waals surface area contributed by atoms with E-state index in [0.29, 0.717) is 23.9 Å². The van der Waals surface area contributed by atoms with Crippen LogP contribution in [-0.2, 0) is 32.7 Å². The highest BCUT2D eigenvalue weighted by molar-refractivity contribution is 7.45. The van der Waals surface area contributed by atoms with Crippen molar-refractivity contribution < 1.29 is 42.1 Å². The minimum absolute atomic E-state index is 0.0465. The molecule has 0 saturated heterocycles. The molecule has 0 aliphatic heterocycles. The second kappa shape index (κ2) is 35.6. The fourth-order valence-corrected chi connectivity index (χ4v) is 5.40. The monoisotopic (exact) mass is 773 g/mol. The Labute approximate surface area is 328 Å². The molecule has 306 valence electrons. The number of carbonyl (C=O) groups excluding carboxylic acids is 2. The van der Waals surface area contributed by atoms with Crippen molar-refractivity contribution in [3.8, 4) is 0 Å². The first-order chi connectivity index (χ1) is 26.0. The number of phosphoric acid groups is 1. The molecule has 0 spiro atoms. The molecule has 0 radical (unpaired) electrons. The SMILES string of the molecule is CC/C=C/C=C/C=C/C=C/CCCCCCCC(=O)OC[C@H](COP(=O)([O-])OCC[N+](C)(C)C)OC(=O)CCCCCCC/C=C/C=C/C=C/C=C/CC. The summed E-state index contributed by atoms with van der Waals surface area (Å²) >= 11 is 0.